The Morgan fingerprint density at radius 1 is 1.41 bits per heavy atom. The molecule has 4 nitrogen and oxygen atoms in total. The van der Waals surface area contributed by atoms with Crippen LogP contribution in [-0.4, -0.2) is 21.7 Å². The molecule has 17 heavy (non-hydrogen) atoms. The molecule has 0 saturated carbocycles. The Balaban J connectivity index is 2.71. The first-order valence-electron chi connectivity index (χ1n) is 5.82. The number of hydrogen-bond acceptors (Lipinski definition) is 2. The van der Waals surface area contributed by atoms with Crippen LogP contribution in [0.2, 0.25) is 0 Å². The lowest BCUT2D eigenvalue weighted by atomic mass is 10.1. The van der Waals surface area contributed by atoms with E-state index in [-0.39, 0.29) is 17.9 Å². The van der Waals surface area contributed by atoms with Crippen molar-refractivity contribution in [1.82, 2.24) is 15.1 Å². The van der Waals surface area contributed by atoms with Crippen LogP contribution in [0.25, 0.3) is 0 Å². The normalized spacial score (nSPS) is 12.9. The minimum absolute atomic E-state index is 0.0728. The van der Waals surface area contributed by atoms with Crippen LogP contribution in [0.4, 0.5) is 0 Å². The number of nitrogens with one attached hydrogen (secondary N) is 1. The number of hydrogen-bond donors (Lipinski definition) is 1. The molecule has 0 spiro atoms. The van der Waals surface area contributed by atoms with Crippen LogP contribution >= 0.6 is 15.9 Å². The van der Waals surface area contributed by atoms with E-state index in [0.717, 1.165) is 15.9 Å². The Kier molecular flexibility index (Phi) is 4.74. The van der Waals surface area contributed by atoms with Crippen molar-refractivity contribution in [3.63, 3.8) is 0 Å². The number of nitrogens with zero attached hydrogens (tertiary/aromatic N) is 2. The van der Waals surface area contributed by atoms with E-state index in [9.17, 15) is 4.79 Å². The molecule has 1 amide bonds. The predicted octanol–water partition coefficient (Wildman–Crippen LogP) is 2.42. The molecule has 0 radical (unpaired) electrons. The fraction of sp³-hybridized carbons (Fsp3) is 0.667. The summed E-state index contributed by atoms with van der Waals surface area (Å²) in [6.07, 6.45) is 0. The Morgan fingerprint density at radius 3 is 2.41 bits per heavy atom. The molecule has 0 aliphatic carbocycles. The van der Waals surface area contributed by atoms with Gasteiger partial charge in [-0.25, -0.2) is 0 Å². The van der Waals surface area contributed by atoms with Gasteiger partial charge in [-0.2, -0.15) is 5.10 Å². The molecule has 5 heteroatoms. The van der Waals surface area contributed by atoms with Crippen molar-refractivity contribution in [2.24, 2.45) is 5.92 Å². The van der Waals surface area contributed by atoms with Gasteiger partial charge in [0.05, 0.1) is 22.6 Å². The molecule has 0 bridgehead atoms. The van der Waals surface area contributed by atoms with Gasteiger partial charge in [0.2, 0.25) is 5.91 Å². The zero-order valence-corrected chi connectivity index (χ0v) is 12.6. The van der Waals surface area contributed by atoms with Gasteiger partial charge in [0.25, 0.3) is 0 Å². The van der Waals surface area contributed by atoms with E-state index >= 15 is 0 Å². The van der Waals surface area contributed by atoms with Crippen LogP contribution in [0.1, 0.15) is 32.2 Å². The molecule has 1 heterocycles. The van der Waals surface area contributed by atoms with Crippen molar-refractivity contribution >= 4 is 21.8 Å². The molecule has 1 aromatic rings. The Bertz CT molecular complexity index is 412. The van der Waals surface area contributed by atoms with Gasteiger partial charge in [-0.05, 0) is 43.6 Å². The summed E-state index contributed by atoms with van der Waals surface area (Å²) in [6, 6.07) is 0.178. The molecule has 0 fully saturated rings. The van der Waals surface area contributed by atoms with Gasteiger partial charge >= 0.3 is 0 Å². The van der Waals surface area contributed by atoms with Crippen LogP contribution < -0.4 is 5.32 Å². The van der Waals surface area contributed by atoms with E-state index in [1.165, 1.54) is 0 Å². The molecule has 1 aromatic heterocycles. The van der Waals surface area contributed by atoms with Crippen LogP contribution in [-0.2, 0) is 11.3 Å². The summed E-state index contributed by atoms with van der Waals surface area (Å²) in [4.78, 5) is 11.8. The molecular weight excluding hydrogens is 282 g/mol. The van der Waals surface area contributed by atoms with Crippen molar-refractivity contribution in [2.75, 3.05) is 0 Å². The highest BCUT2D eigenvalue weighted by Crippen LogP contribution is 2.20. The van der Waals surface area contributed by atoms with Crippen LogP contribution in [0.3, 0.4) is 0 Å². The Morgan fingerprint density at radius 2 is 2.00 bits per heavy atom. The fourth-order valence-electron chi connectivity index (χ4n) is 1.62. The summed E-state index contributed by atoms with van der Waals surface area (Å²) in [6.45, 7) is 10.4. The third kappa shape index (κ3) is 3.56. The molecule has 0 aliphatic rings. The topological polar surface area (TPSA) is 46.9 Å². The maximum Gasteiger partial charge on any atom is 0.224 e. The molecule has 1 unspecified atom stereocenters. The van der Waals surface area contributed by atoms with E-state index in [1.54, 1.807) is 0 Å². The van der Waals surface area contributed by atoms with Gasteiger partial charge < -0.3 is 5.32 Å². The number of halogens is 1. The minimum atomic E-state index is -0.0812. The first-order valence-corrected chi connectivity index (χ1v) is 6.62. The molecule has 96 valence electrons. The van der Waals surface area contributed by atoms with Crippen molar-refractivity contribution in [3.8, 4) is 0 Å². The van der Waals surface area contributed by atoms with E-state index in [0.29, 0.717) is 6.54 Å². The number of carbonyl (C=O) groups excluding carboxylic acids is 1. The highest BCUT2D eigenvalue weighted by molar-refractivity contribution is 9.10. The van der Waals surface area contributed by atoms with Crippen LogP contribution in [0.15, 0.2) is 4.47 Å². The van der Waals surface area contributed by atoms with Crippen molar-refractivity contribution < 1.29 is 4.79 Å². The largest absolute Gasteiger partial charge is 0.354 e. The second-order valence-corrected chi connectivity index (χ2v) is 5.52. The second-order valence-electron chi connectivity index (χ2n) is 4.73. The molecule has 1 N–H and O–H groups in total. The lowest BCUT2D eigenvalue weighted by Gasteiger charge is -2.15. The van der Waals surface area contributed by atoms with E-state index in [1.807, 2.05) is 39.3 Å². The smallest absolute Gasteiger partial charge is 0.224 e. The van der Waals surface area contributed by atoms with Gasteiger partial charge in [-0.1, -0.05) is 6.92 Å². The van der Waals surface area contributed by atoms with E-state index < -0.39 is 0 Å². The number of aryl methyl sites for hydroxylation is 1. The number of amides is 1. The SMILES string of the molecule is Cc1nn(CC(C)C(=O)NC(C)C)c(C)c1Br. The Hall–Kier alpha value is -0.840. The number of rotatable bonds is 4. The van der Waals surface area contributed by atoms with Crippen molar-refractivity contribution in [2.45, 2.75) is 47.2 Å². The van der Waals surface area contributed by atoms with Crippen LogP contribution in [0, 0.1) is 19.8 Å². The average molecular weight is 302 g/mol. The molecule has 1 atom stereocenters. The molecule has 1 rings (SSSR count). The van der Waals surface area contributed by atoms with E-state index in [2.05, 4.69) is 26.3 Å². The Labute approximate surface area is 111 Å². The lowest BCUT2D eigenvalue weighted by molar-refractivity contribution is -0.125. The predicted molar refractivity (Wildman–Crippen MR) is 71.8 cm³/mol. The standard InChI is InChI=1S/C12H20BrN3O/c1-7(2)14-12(17)8(3)6-16-10(5)11(13)9(4)15-16/h7-8H,6H2,1-5H3,(H,14,17). The van der Waals surface area contributed by atoms with Gasteiger partial charge in [0.15, 0.2) is 0 Å². The summed E-state index contributed by atoms with van der Waals surface area (Å²) in [7, 11) is 0. The van der Waals surface area contributed by atoms with Gasteiger partial charge in [-0.15, -0.1) is 0 Å². The van der Waals surface area contributed by atoms with Crippen molar-refractivity contribution in [3.05, 3.63) is 15.9 Å². The van der Waals surface area contributed by atoms with Crippen LogP contribution in [0.5, 0.6) is 0 Å². The molecule has 0 aliphatic heterocycles. The van der Waals surface area contributed by atoms with Gasteiger partial charge in [0.1, 0.15) is 0 Å². The molecule has 0 saturated heterocycles. The first kappa shape index (κ1) is 14.2. The lowest BCUT2D eigenvalue weighted by Crippen LogP contribution is -2.36. The second kappa shape index (κ2) is 5.67. The highest BCUT2D eigenvalue weighted by atomic mass is 79.9. The number of aromatic nitrogens is 2. The zero-order valence-electron chi connectivity index (χ0n) is 11.0. The maximum atomic E-state index is 11.8. The van der Waals surface area contributed by atoms with Gasteiger partial charge in [-0.3, -0.25) is 9.48 Å². The zero-order chi connectivity index (χ0) is 13.2. The highest BCUT2D eigenvalue weighted by Gasteiger charge is 2.17. The maximum absolute atomic E-state index is 11.8. The molecular formula is C12H20BrN3O. The summed E-state index contributed by atoms with van der Waals surface area (Å²) in [5, 5.41) is 7.31. The van der Waals surface area contributed by atoms with Gasteiger partial charge in [0, 0.05) is 11.7 Å². The molecule has 0 aromatic carbocycles. The summed E-state index contributed by atoms with van der Waals surface area (Å²) < 4.78 is 2.90. The minimum Gasteiger partial charge on any atom is -0.354 e. The monoisotopic (exact) mass is 301 g/mol. The number of carbonyl (C=O) groups is 1. The first-order chi connectivity index (χ1) is 7.82. The average Bonchev–Trinajstić information content (AvgIpc) is 2.45. The summed E-state index contributed by atoms with van der Waals surface area (Å²) >= 11 is 3.48. The third-order valence-corrected chi connectivity index (χ3v) is 3.77. The fourth-order valence-corrected chi connectivity index (χ4v) is 1.91. The summed E-state index contributed by atoms with van der Waals surface area (Å²) in [5.41, 5.74) is 2.02. The third-order valence-electron chi connectivity index (χ3n) is 2.62. The van der Waals surface area contributed by atoms with E-state index in [4.69, 9.17) is 0 Å². The quantitative estimate of drug-likeness (QED) is 0.928. The van der Waals surface area contributed by atoms with Crippen molar-refractivity contribution in [1.29, 1.82) is 0 Å². The summed E-state index contributed by atoms with van der Waals surface area (Å²) in [5.74, 6) is -0.00836.